The zero-order valence-electron chi connectivity index (χ0n) is 14.2. The number of carbonyl (C=O) groups is 1. The molecule has 2 atom stereocenters. The molecule has 0 bridgehead atoms. The Balaban J connectivity index is 2.10. The van der Waals surface area contributed by atoms with Gasteiger partial charge in [-0.05, 0) is 18.4 Å². The number of ether oxygens (including phenoxy) is 2. The van der Waals surface area contributed by atoms with E-state index in [0.29, 0.717) is 18.4 Å². The Morgan fingerprint density at radius 1 is 1.09 bits per heavy atom. The second-order valence-electron chi connectivity index (χ2n) is 7.86. The van der Waals surface area contributed by atoms with Crippen LogP contribution in [0.15, 0.2) is 30.3 Å². The summed E-state index contributed by atoms with van der Waals surface area (Å²) < 4.78 is 11.8. The van der Waals surface area contributed by atoms with Gasteiger partial charge in [0, 0.05) is 5.41 Å². The average Bonchev–Trinajstić information content (AvgIpc) is 2.88. The molecule has 1 heterocycles. The van der Waals surface area contributed by atoms with Gasteiger partial charge in [-0.25, -0.2) is 4.79 Å². The molecular weight excluding hydrogens is 292 g/mol. The van der Waals surface area contributed by atoms with Gasteiger partial charge in [-0.2, -0.15) is 0 Å². The molecule has 3 rings (SSSR count). The number of aliphatic hydroxyl groups is 1. The van der Waals surface area contributed by atoms with E-state index in [1.54, 1.807) is 0 Å². The SMILES string of the molecule is CC(C)(C)[C@@H]1OC(=O)[C@@](c2ccccc2)(C2(O)CCCCC2)O1. The van der Waals surface area contributed by atoms with E-state index >= 15 is 0 Å². The van der Waals surface area contributed by atoms with Crippen molar-refractivity contribution in [3.05, 3.63) is 35.9 Å². The third kappa shape index (κ3) is 2.58. The van der Waals surface area contributed by atoms with Crippen molar-refractivity contribution in [1.82, 2.24) is 0 Å². The highest BCUT2D eigenvalue weighted by Gasteiger charge is 2.65. The van der Waals surface area contributed by atoms with Gasteiger partial charge in [-0.3, -0.25) is 0 Å². The van der Waals surface area contributed by atoms with Gasteiger partial charge in [0.1, 0.15) is 5.60 Å². The molecule has 1 saturated heterocycles. The molecule has 1 aliphatic carbocycles. The Labute approximate surface area is 137 Å². The van der Waals surface area contributed by atoms with Crippen LogP contribution in [0.2, 0.25) is 0 Å². The molecule has 1 aromatic rings. The monoisotopic (exact) mass is 318 g/mol. The summed E-state index contributed by atoms with van der Waals surface area (Å²) in [7, 11) is 0. The molecule has 126 valence electrons. The highest BCUT2D eigenvalue weighted by molar-refractivity contribution is 5.85. The highest BCUT2D eigenvalue weighted by atomic mass is 16.8. The van der Waals surface area contributed by atoms with Crippen molar-refractivity contribution in [3.63, 3.8) is 0 Å². The third-order valence-corrected chi connectivity index (χ3v) is 5.01. The Kier molecular flexibility index (Phi) is 4.01. The molecule has 0 aromatic heterocycles. The van der Waals surface area contributed by atoms with Crippen LogP contribution >= 0.6 is 0 Å². The van der Waals surface area contributed by atoms with Gasteiger partial charge in [0.05, 0.1) is 0 Å². The summed E-state index contributed by atoms with van der Waals surface area (Å²) in [5.41, 5.74) is -2.31. The van der Waals surface area contributed by atoms with E-state index in [-0.39, 0.29) is 5.41 Å². The van der Waals surface area contributed by atoms with Crippen molar-refractivity contribution in [2.45, 2.75) is 70.4 Å². The molecule has 23 heavy (non-hydrogen) atoms. The predicted octanol–water partition coefficient (Wildman–Crippen LogP) is 3.52. The quantitative estimate of drug-likeness (QED) is 0.848. The number of hydrogen-bond acceptors (Lipinski definition) is 4. The van der Waals surface area contributed by atoms with E-state index in [2.05, 4.69) is 0 Å². The lowest BCUT2D eigenvalue weighted by Gasteiger charge is -2.44. The molecule has 1 aliphatic heterocycles. The molecule has 1 N–H and O–H groups in total. The zero-order chi connectivity index (χ0) is 16.7. The van der Waals surface area contributed by atoms with E-state index in [9.17, 15) is 9.90 Å². The number of rotatable bonds is 2. The van der Waals surface area contributed by atoms with Crippen molar-refractivity contribution >= 4 is 5.97 Å². The molecular formula is C19H26O4. The Bertz CT molecular complexity index is 569. The Morgan fingerprint density at radius 2 is 1.70 bits per heavy atom. The first-order valence-electron chi connectivity index (χ1n) is 8.46. The maximum absolute atomic E-state index is 13.0. The second kappa shape index (κ2) is 5.60. The lowest BCUT2D eigenvalue weighted by molar-refractivity contribution is -0.217. The maximum atomic E-state index is 13.0. The van der Waals surface area contributed by atoms with Crippen molar-refractivity contribution < 1.29 is 19.4 Å². The number of cyclic esters (lactones) is 1. The van der Waals surface area contributed by atoms with E-state index in [0.717, 1.165) is 19.3 Å². The standard InChI is InChI=1S/C19H26O4/c1-17(2,3)16-22-15(20)19(23-16,14-10-6-4-7-11-14)18(21)12-8-5-9-13-18/h4,6-7,10-11,16,21H,5,8-9,12-13H2,1-3H3/t16-,19+/m1/s1. The topological polar surface area (TPSA) is 55.8 Å². The number of esters is 1. The van der Waals surface area contributed by atoms with Gasteiger partial charge in [-0.15, -0.1) is 0 Å². The molecule has 4 heteroatoms. The van der Waals surface area contributed by atoms with E-state index in [1.165, 1.54) is 0 Å². The van der Waals surface area contributed by atoms with Crippen LogP contribution in [-0.4, -0.2) is 23.0 Å². The van der Waals surface area contributed by atoms with Gasteiger partial charge < -0.3 is 14.6 Å². The average molecular weight is 318 g/mol. The van der Waals surface area contributed by atoms with Crippen LogP contribution in [0.25, 0.3) is 0 Å². The van der Waals surface area contributed by atoms with Crippen molar-refractivity contribution in [3.8, 4) is 0 Å². The fourth-order valence-corrected chi connectivity index (χ4v) is 3.68. The summed E-state index contributed by atoms with van der Waals surface area (Å²) in [4.78, 5) is 13.0. The van der Waals surface area contributed by atoms with E-state index in [4.69, 9.17) is 9.47 Å². The summed E-state index contributed by atoms with van der Waals surface area (Å²) in [6.45, 7) is 5.91. The summed E-state index contributed by atoms with van der Waals surface area (Å²) in [5.74, 6) is -0.465. The minimum absolute atomic E-state index is 0.350. The third-order valence-electron chi connectivity index (χ3n) is 5.01. The fraction of sp³-hybridized carbons (Fsp3) is 0.632. The van der Waals surface area contributed by atoms with Crippen molar-refractivity contribution in [2.75, 3.05) is 0 Å². The minimum Gasteiger partial charge on any atom is -0.433 e. The van der Waals surface area contributed by atoms with Gasteiger partial charge in [0.25, 0.3) is 0 Å². The minimum atomic E-state index is -1.42. The molecule has 1 saturated carbocycles. The number of carbonyl (C=O) groups excluding carboxylic acids is 1. The molecule has 4 nitrogen and oxygen atoms in total. The molecule has 2 fully saturated rings. The summed E-state index contributed by atoms with van der Waals surface area (Å²) in [6, 6.07) is 9.32. The predicted molar refractivity (Wildman–Crippen MR) is 86.6 cm³/mol. The van der Waals surface area contributed by atoms with Crippen LogP contribution < -0.4 is 0 Å². The van der Waals surface area contributed by atoms with Gasteiger partial charge in [0.2, 0.25) is 11.9 Å². The number of hydrogen-bond donors (Lipinski definition) is 1. The van der Waals surface area contributed by atoms with Gasteiger partial charge in [0.15, 0.2) is 0 Å². The molecule has 0 unspecified atom stereocenters. The zero-order valence-corrected chi connectivity index (χ0v) is 14.2. The Morgan fingerprint density at radius 3 is 2.22 bits per heavy atom. The van der Waals surface area contributed by atoms with Crippen LogP contribution in [0, 0.1) is 5.41 Å². The molecule has 0 spiro atoms. The van der Waals surface area contributed by atoms with Crippen LogP contribution in [0.5, 0.6) is 0 Å². The van der Waals surface area contributed by atoms with Gasteiger partial charge in [-0.1, -0.05) is 70.4 Å². The largest absolute Gasteiger partial charge is 0.433 e. The smallest absolute Gasteiger partial charge is 0.348 e. The molecule has 0 amide bonds. The fourth-order valence-electron chi connectivity index (χ4n) is 3.68. The van der Waals surface area contributed by atoms with Crippen molar-refractivity contribution in [2.24, 2.45) is 5.41 Å². The van der Waals surface area contributed by atoms with Crippen molar-refractivity contribution in [1.29, 1.82) is 0 Å². The first kappa shape index (κ1) is 16.5. The van der Waals surface area contributed by atoms with Crippen LogP contribution in [0.4, 0.5) is 0 Å². The lowest BCUT2D eigenvalue weighted by atomic mass is 9.69. The van der Waals surface area contributed by atoms with Crippen LogP contribution in [0.3, 0.4) is 0 Å². The molecule has 2 aliphatic rings. The Hall–Kier alpha value is -1.39. The van der Waals surface area contributed by atoms with E-state index < -0.39 is 23.5 Å². The maximum Gasteiger partial charge on any atom is 0.348 e. The van der Waals surface area contributed by atoms with Gasteiger partial charge >= 0.3 is 5.97 Å². The van der Waals surface area contributed by atoms with Crippen LogP contribution in [-0.2, 0) is 19.9 Å². The highest BCUT2D eigenvalue weighted by Crippen LogP contribution is 2.51. The summed E-state index contributed by atoms with van der Waals surface area (Å²) >= 11 is 0. The number of benzene rings is 1. The first-order chi connectivity index (χ1) is 10.8. The summed E-state index contributed by atoms with van der Waals surface area (Å²) in [6.07, 6.45) is 3.29. The lowest BCUT2D eigenvalue weighted by Crippen LogP contribution is -2.57. The summed E-state index contributed by atoms with van der Waals surface area (Å²) in [5, 5.41) is 11.4. The van der Waals surface area contributed by atoms with E-state index in [1.807, 2.05) is 51.1 Å². The van der Waals surface area contributed by atoms with Crippen LogP contribution in [0.1, 0.15) is 58.4 Å². The molecule has 1 aromatic carbocycles. The second-order valence-corrected chi connectivity index (χ2v) is 7.86. The first-order valence-corrected chi connectivity index (χ1v) is 8.46. The molecule has 0 radical (unpaired) electrons. The normalized spacial score (nSPS) is 31.0.